The summed E-state index contributed by atoms with van der Waals surface area (Å²) >= 11 is 0. The van der Waals surface area contributed by atoms with Crippen LogP contribution in [0.3, 0.4) is 0 Å². The van der Waals surface area contributed by atoms with Crippen molar-refractivity contribution in [2.24, 2.45) is 0 Å². The number of amides is 2. The summed E-state index contributed by atoms with van der Waals surface area (Å²) < 4.78 is 5.07. The van der Waals surface area contributed by atoms with Gasteiger partial charge in [-0.2, -0.15) is 0 Å². The quantitative estimate of drug-likeness (QED) is 0.829. The molecule has 2 aliphatic rings. The van der Waals surface area contributed by atoms with E-state index in [1.807, 2.05) is 0 Å². The van der Waals surface area contributed by atoms with Crippen molar-refractivity contribution in [1.82, 2.24) is 5.32 Å². The molecule has 3 rings (SSSR count). The highest BCUT2D eigenvalue weighted by atomic mass is 16.5. The lowest BCUT2D eigenvalue weighted by atomic mass is 10.0. The molecule has 1 saturated carbocycles. The second-order valence-corrected chi connectivity index (χ2v) is 6.05. The Morgan fingerprint density at radius 2 is 2.00 bits per heavy atom. The number of hydrogen-bond acceptors (Lipinski definition) is 4. The maximum atomic E-state index is 12.0. The van der Waals surface area contributed by atoms with Crippen molar-refractivity contribution >= 4 is 23.5 Å². The van der Waals surface area contributed by atoms with Crippen LogP contribution in [0.4, 0.5) is 5.69 Å². The van der Waals surface area contributed by atoms with Crippen molar-refractivity contribution in [3.63, 3.8) is 0 Å². The van der Waals surface area contributed by atoms with Crippen molar-refractivity contribution in [1.29, 1.82) is 0 Å². The molecule has 0 atom stereocenters. The molecule has 1 aromatic carbocycles. The maximum absolute atomic E-state index is 12.0. The average Bonchev–Trinajstić information content (AvgIpc) is 3.05. The number of benzene rings is 1. The normalized spacial score (nSPS) is 17.3. The first-order chi connectivity index (χ1) is 11.1. The first-order valence-corrected chi connectivity index (χ1v) is 8.01. The SMILES string of the molecule is O=C1CCc2cc(C(=O)OCC(=O)NC3CCCC3)ccc2N1. The van der Waals surface area contributed by atoms with Gasteiger partial charge >= 0.3 is 5.97 Å². The van der Waals surface area contributed by atoms with Crippen molar-refractivity contribution in [3.8, 4) is 0 Å². The molecule has 1 fully saturated rings. The molecule has 0 radical (unpaired) electrons. The number of aryl methyl sites for hydroxylation is 1. The second kappa shape index (κ2) is 6.81. The molecule has 23 heavy (non-hydrogen) atoms. The molecule has 0 unspecified atom stereocenters. The first kappa shape index (κ1) is 15.5. The van der Waals surface area contributed by atoms with Crippen LogP contribution in [0.5, 0.6) is 0 Å². The largest absolute Gasteiger partial charge is 0.452 e. The number of carbonyl (C=O) groups is 3. The smallest absolute Gasteiger partial charge is 0.338 e. The standard InChI is InChI=1S/C17H20N2O4/c20-15-8-6-11-9-12(5-7-14(11)19-15)17(22)23-10-16(21)18-13-3-1-2-4-13/h5,7,9,13H,1-4,6,8,10H2,(H,18,21)(H,19,20). The van der Waals surface area contributed by atoms with Gasteiger partial charge in [0.1, 0.15) is 0 Å². The second-order valence-electron chi connectivity index (χ2n) is 6.05. The lowest BCUT2D eigenvalue weighted by Gasteiger charge is -2.17. The van der Waals surface area contributed by atoms with E-state index in [0.717, 1.165) is 36.9 Å². The van der Waals surface area contributed by atoms with E-state index in [1.165, 1.54) is 0 Å². The number of ether oxygens (including phenoxy) is 1. The highest BCUT2D eigenvalue weighted by Gasteiger charge is 2.20. The van der Waals surface area contributed by atoms with E-state index in [4.69, 9.17) is 4.74 Å². The summed E-state index contributed by atoms with van der Waals surface area (Å²) in [5.41, 5.74) is 2.04. The lowest BCUT2D eigenvalue weighted by molar-refractivity contribution is -0.125. The Bertz CT molecular complexity index is 635. The van der Waals surface area contributed by atoms with Gasteiger partial charge in [0.2, 0.25) is 5.91 Å². The van der Waals surface area contributed by atoms with Gasteiger partial charge in [-0.3, -0.25) is 9.59 Å². The maximum Gasteiger partial charge on any atom is 0.338 e. The third-order valence-corrected chi connectivity index (χ3v) is 4.29. The van der Waals surface area contributed by atoms with Gasteiger partial charge in [-0.25, -0.2) is 4.79 Å². The van der Waals surface area contributed by atoms with Crippen molar-refractivity contribution in [3.05, 3.63) is 29.3 Å². The Hall–Kier alpha value is -2.37. The van der Waals surface area contributed by atoms with Crippen LogP contribution >= 0.6 is 0 Å². The fourth-order valence-corrected chi connectivity index (χ4v) is 3.06. The highest BCUT2D eigenvalue weighted by Crippen LogP contribution is 2.24. The summed E-state index contributed by atoms with van der Waals surface area (Å²) in [6.07, 6.45) is 5.28. The van der Waals surface area contributed by atoms with Crippen molar-refractivity contribution in [2.75, 3.05) is 11.9 Å². The fraction of sp³-hybridized carbons (Fsp3) is 0.471. The zero-order valence-electron chi connectivity index (χ0n) is 12.9. The van der Waals surface area contributed by atoms with Gasteiger partial charge in [-0.1, -0.05) is 12.8 Å². The van der Waals surface area contributed by atoms with Crippen LogP contribution in [0.2, 0.25) is 0 Å². The molecule has 6 heteroatoms. The molecule has 1 aliphatic heterocycles. The topological polar surface area (TPSA) is 84.5 Å². The van der Waals surface area contributed by atoms with Crippen LogP contribution in [0, 0.1) is 0 Å². The van der Waals surface area contributed by atoms with E-state index in [0.29, 0.717) is 18.4 Å². The monoisotopic (exact) mass is 316 g/mol. The molecule has 0 saturated heterocycles. The van der Waals surface area contributed by atoms with Gasteiger partial charge in [0.05, 0.1) is 5.56 Å². The van der Waals surface area contributed by atoms with E-state index in [-0.39, 0.29) is 24.5 Å². The minimum Gasteiger partial charge on any atom is -0.452 e. The average molecular weight is 316 g/mol. The molecule has 0 bridgehead atoms. The number of esters is 1. The summed E-state index contributed by atoms with van der Waals surface area (Å²) in [4.78, 5) is 35.1. The van der Waals surface area contributed by atoms with Gasteiger partial charge in [-0.05, 0) is 43.0 Å². The lowest BCUT2D eigenvalue weighted by Crippen LogP contribution is -2.35. The van der Waals surface area contributed by atoms with E-state index < -0.39 is 5.97 Å². The molecule has 1 aliphatic carbocycles. The zero-order chi connectivity index (χ0) is 16.2. The van der Waals surface area contributed by atoms with Crippen LogP contribution in [0.25, 0.3) is 0 Å². The minimum absolute atomic E-state index is 0.0172. The predicted octanol–water partition coefficient (Wildman–Crippen LogP) is 1.79. The molecule has 0 spiro atoms. The number of carbonyl (C=O) groups excluding carboxylic acids is 3. The van der Waals surface area contributed by atoms with Gasteiger partial charge in [-0.15, -0.1) is 0 Å². The molecule has 122 valence electrons. The summed E-state index contributed by atoms with van der Waals surface area (Å²) in [7, 11) is 0. The number of nitrogens with one attached hydrogen (secondary N) is 2. The Balaban J connectivity index is 1.53. The molecule has 1 heterocycles. The van der Waals surface area contributed by atoms with Gasteiger partial charge in [0, 0.05) is 18.2 Å². The van der Waals surface area contributed by atoms with E-state index in [1.54, 1.807) is 18.2 Å². The summed E-state index contributed by atoms with van der Waals surface area (Å²) in [6, 6.07) is 5.23. The number of anilines is 1. The highest BCUT2D eigenvalue weighted by molar-refractivity contribution is 5.96. The summed E-state index contributed by atoms with van der Waals surface area (Å²) in [5.74, 6) is -0.793. The van der Waals surface area contributed by atoms with E-state index >= 15 is 0 Å². The van der Waals surface area contributed by atoms with Gasteiger partial charge < -0.3 is 15.4 Å². The van der Waals surface area contributed by atoms with Crippen LogP contribution < -0.4 is 10.6 Å². The Kier molecular flexibility index (Phi) is 4.60. The number of rotatable bonds is 4. The minimum atomic E-state index is -0.522. The third kappa shape index (κ3) is 3.88. The zero-order valence-corrected chi connectivity index (χ0v) is 12.9. The first-order valence-electron chi connectivity index (χ1n) is 8.01. The van der Waals surface area contributed by atoms with Crippen LogP contribution in [-0.2, 0) is 20.7 Å². The molecular weight excluding hydrogens is 296 g/mol. The van der Waals surface area contributed by atoms with Crippen LogP contribution in [0.1, 0.15) is 48.0 Å². The van der Waals surface area contributed by atoms with Gasteiger partial charge in [0.15, 0.2) is 6.61 Å². The molecule has 2 amide bonds. The Labute approximate surface area is 134 Å². The molecule has 2 N–H and O–H groups in total. The molecular formula is C17H20N2O4. The van der Waals surface area contributed by atoms with Crippen LogP contribution in [0.15, 0.2) is 18.2 Å². The van der Waals surface area contributed by atoms with Gasteiger partial charge in [0.25, 0.3) is 5.91 Å². The Morgan fingerprint density at radius 3 is 2.78 bits per heavy atom. The van der Waals surface area contributed by atoms with Crippen molar-refractivity contribution < 1.29 is 19.1 Å². The fourth-order valence-electron chi connectivity index (χ4n) is 3.06. The Morgan fingerprint density at radius 1 is 1.22 bits per heavy atom. The molecule has 6 nitrogen and oxygen atoms in total. The summed E-state index contributed by atoms with van der Waals surface area (Å²) in [5, 5.41) is 5.64. The van der Waals surface area contributed by atoms with Crippen molar-refractivity contribution in [2.45, 2.75) is 44.6 Å². The number of hydrogen-bond donors (Lipinski definition) is 2. The van der Waals surface area contributed by atoms with E-state index in [9.17, 15) is 14.4 Å². The molecule has 0 aromatic heterocycles. The third-order valence-electron chi connectivity index (χ3n) is 4.29. The van der Waals surface area contributed by atoms with Crippen LogP contribution in [-0.4, -0.2) is 30.4 Å². The number of fused-ring (bicyclic) bond motifs is 1. The predicted molar refractivity (Wildman–Crippen MR) is 84.1 cm³/mol. The van der Waals surface area contributed by atoms with E-state index in [2.05, 4.69) is 10.6 Å². The summed E-state index contributed by atoms with van der Waals surface area (Å²) in [6.45, 7) is -0.261. The molecule has 1 aromatic rings.